The second-order valence-electron chi connectivity index (χ2n) is 6.08. The Kier molecular flexibility index (Phi) is 5.80. The van der Waals surface area contributed by atoms with Crippen molar-refractivity contribution in [2.75, 3.05) is 6.61 Å². The van der Waals surface area contributed by atoms with E-state index in [2.05, 4.69) is 5.32 Å². The quantitative estimate of drug-likeness (QED) is 0.770. The van der Waals surface area contributed by atoms with Crippen molar-refractivity contribution in [2.45, 2.75) is 64.7 Å². The first-order chi connectivity index (χ1) is 9.23. The topological polar surface area (TPSA) is 84.9 Å². The minimum absolute atomic E-state index is 0.282. The zero-order valence-corrected chi connectivity index (χ0v) is 12.6. The van der Waals surface area contributed by atoms with Gasteiger partial charge in [-0.25, -0.2) is 4.79 Å². The molecule has 0 aromatic rings. The van der Waals surface area contributed by atoms with Crippen molar-refractivity contribution in [3.05, 3.63) is 0 Å². The third-order valence-electron chi connectivity index (χ3n) is 3.11. The summed E-state index contributed by atoms with van der Waals surface area (Å²) in [4.78, 5) is 23.7. The second kappa shape index (κ2) is 6.92. The SMILES string of the molecule is CCOC(=O)[C@@H]1C[C@@H](O)CC[C@H]1NC(=O)OC(C)(C)C. The first-order valence-electron chi connectivity index (χ1n) is 7.07. The van der Waals surface area contributed by atoms with Crippen LogP contribution in [-0.2, 0) is 14.3 Å². The van der Waals surface area contributed by atoms with Gasteiger partial charge in [-0.3, -0.25) is 4.79 Å². The molecular weight excluding hydrogens is 262 g/mol. The van der Waals surface area contributed by atoms with Crippen molar-refractivity contribution >= 4 is 12.1 Å². The first kappa shape index (κ1) is 16.8. The van der Waals surface area contributed by atoms with Crippen molar-refractivity contribution in [3.63, 3.8) is 0 Å². The van der Waals surface area contributed by atoms with Crippen molar-refractivity contribution in [3.8, 4) is 0 Å². The predicted molar refractivity (Wildman–Crippen MR) is 73.1 cm³/mol. The molecule has 116 valence electrons. The maximum atomic E-state index is 11.9. The van der Waals surface area contributed by atoms with Crippen LogP contribution >= 0.6 is 0 Å². The van der Waals surface area contributed by atoms with E-state index in [-0.39, 0.29) is 18.6 Å². The molecule has 0 spiro atoms. The van der Waals surface area contributed by atoms with Gasteiger partial charge in [-0.1, -0.05) is 0 Å². The van der Waals surface area contributed by atoms with E-state index >= 15 is 0 Å². The molecule has 1 saturated carbocycles. The number of carbonyl (C=O) groups excluding carboxylic acids is 2. The number of amides is 1. The lowest BCUT2D eigenvalue weighted by molar-refractivity contribution is -0.151. The molecule has 3 atom stereocenters. The third kappa shape index (κ3) is 5.36. The van der Waals surface area contributed by atoms with Crippen LogP contribution in [0.25, 0.3) is 0 Å². The highest BCUT2D eigenvalue weighted by Gasteiger charge is 2.37. The lowest BCUT2D eigenvalue weighted by atomic mass is 9.83. The highest BCUT2D eigenvalue weighted by molar-refractivity contribution is 5.75. The Balaban J connectivity index is 2.64. The van der Waals surface area contributed by atoms with Gasteiger partial charge in [0.1, 0.15) is 5.60 Å². The molecule has 0 saturated heterocycles. The minimum atomic E-state index is -0.586. The van der Waals surface area contributed by atoms with E-state index < -0.39 is 23.7 Å². The number of esters is 1. The molecule has 2 N–H and O–H groups in total. The fourth-order valence-corrected chi connectivity index (χ4v) is 2.29. The van der Waals surface area contributed by atoms with E-state index in [1.54, 1.807) is 27.7 Å². The first-order valence-corrected chi connectivity index (χ1v) is 7.07. The summed E-state index contributed by atoms with van der Waals surface area (Å²) in [5, 5.41) is 12.4. The maximum absolute atomic E-state index is 11.9. The fraction of sp³-hybridized carbons (Fsp3) is 0.857. The third-order valence-corrected chi connectivity index (χ3v) is 3.11. The summed E-state index contributed by atoms with van der Waals surface area (Å²) in [6, 6.07) is -0.354. The molecule has 0 aromatic carbocycles. The lowest BCUT2D eigenvalue weighted by Crippen LogP contribution is -2.49. The summed E-state index contributed by atoms with van der Waals surface area (Å²) in [6.45, 7) is 7.35. The Morgan fingerprint density at radius 3 is 2.50 bits per heavy atom. The van der Waals surface area contributed by atoms with Crippen molar-refractivity contribution in [1.29, 1.82) is 0 Å². The van der Waals surface area contributed by atoms with Crippen molar-refractivity contribution in [2.24, 2.45) is 5.92 Å². The number of hydrogen-bond donors (Lipinski definition) is 2. The smallest absolute Gasteiger partial charge is 0.407 e. The van der Waals surface area contributed by atoms with Crippen LogP contribution in [0, 0.1) is 5.92 Å². The molecule has 6 heteroatoms. The Hall–Kier alpha value is -1.30. The zero-order valence-electron chi connectivity index (χ0n) is 12.6. The molecule has 0 bridgehead atoms. The molecule has 0 aliphatic heterocycles. The number of rotatable bonds is 3. The van der Waals surface area contributed by atoms with Crippen LogP contribution in [0.2, 0.25) is 0 Å². The van der Waals surface area contributed by atoms with Gasteiger partial charge < -0.3 is 19.9 Å². The number of nitrogens with one attached hydrogen (secondary N) is 1. The number of alkyl carbamates (subject to hydrolysis) is 1. The van der Waals surface area contributed by atoms with E-state index in [1.807, 2.05) is 0 Å². The fourth-order valence-electron chi connectivity index (χ4n) is 2.29. The average Bonchev–Trinajstić information content (AvgIpc) is 2.29. The Morgan fingerprint density at radius 1 is 1.30 bits per heavy atom. The normalized spacial score (nSPS) is 26.8. The van der Waals surface area contributed by atoms with Gasteiger partial charge in [-0.15, -0.1) is 0 Å². The van der Waals surface area contributed by atoms with Gasteiger partial charge in [0.15, 0.2) is 0 Å². The number of hydrogen-bond acceptors (Lipinski definition) is 5. The predicted octanol–water partition coefficient (Wildman–Crippen LogP) is 1.60. The largest absolute Gasteiger partial charge is 0.466 e. The van der Waals surface area contributed by atoms with Gasteiger partial charge in [0.05, 0.1) is 18.6 Å². The molecule has 6 nitrogen and oxygen atoms in total. The van der Waals surface area contributed by atoms with Gasteiger partial charge >= 0.3 is 12.1 Å². The minimum Gasteiger partial charge on any atom is -0.466 e. The van der Waals surface area contributed by atoms with Gasteiger partial charge in [-0.2, -0.15) is 0 Å². The van der Waals surface area contributed by atoms with Crippen LogP contribution in [0.15, 0.2) is 0 Å². The van der Waals surface area contributed by atoms with E-state index in [9.17, 15) is 14.7 Å². The van der Waals surface area contributed by atoms with Crippen LogP contribution in [0.3, 0.4) is 0 Å². The van der Waals surface area contributed by atoms with Crippen LogP contribution in [0.4, 0.5) is 4.79 Å². The van der Waals surface area contributed by atoms with Crippen LogP contribution in [0.1, 0.15) is 47.0 Å². The van der Waals surface area contributed by atoms with E-state index in [4.69, 9.17) is 9.47 Å². The van der Waals surface area contributed by atoms with E-state index in [0.29, 0.717) is 19.3 Å². The Bertz CT molecular complexity index is 350. The maximum Gasteiger partial charge on any atom is 0.407 e. The molecule has 20 heavy (non-hydrogen) atoms. The molecule has 0 aromatic heterocycles. The highest BCUT2D eigenvalue weighted by Crippen LogP contribution is 2.26. The number of carbonyl (C=O) groups is 2. The Labute approximate surface area is 119 Å². The summed E-state index contributed by atoms with van der Waals surface area (Å²) in [7, 11) is 0. The molecular formula is C14H25NO5. The summed E-state index contributed by atoms with van der Waals surface area (Å²) < 4.78 is 10.2. The molecule has 1 fully saturated rings. The molecule has 1 amide bonds. The molecule has 1 rings (SSSR count). The molecule has 0 unspecified atom stereocenters. The molecule has 1 aliphatic carbocycles. The molecule has 1 aliphatic rings. The number of ether oxygens (including phenoxy) is 2. The average molecular weight is 287 g/mol. The second-order valence-corrected chi connectivity index (χ2v) is 6.08. The standard InChI is InChI=1S/C14H25NO5/c1-5-19-12(17)10-8-9(16)6-7-11(10)15-13(18)20-14(2,3)4/h9-11,16H,5-8H2,1-4H3,(H,15,18)/t9-,10+,11+/m0/s1. The summed E-state index contributed by atoms with van der Waals surface area (Å²) in [5.41, 5.74) is -0.586. The van der Waals surface area contributed by atoms with E-state index in [1.165, 1.54) is 0 Å². The zero-order chi connectivity index (χ0) is 15.3. The Morgan fingerprint density at radius 2 is 1.95 bits per heavy atom. The monoisotopic (exact) mass is 287 g/mol. The van der Waals surface area contributed by atoms with Crippen LogP contribution in [-0.4, -0.2) is 41.5 Å². The van der Waals surface area contributed by atoms with Crippen LogP contribution < -0.4 is 5.32 Å². The lowest BCUT2D eigenvalue weighted by Gasteiger charge is -2.33. The summed E-state index contributed by atoms with van der Waals surface area (Å²) in [5.74, 6) is -0.904. The van der Waals surface area contributed by atoms with E-state index in [0.717, 1.165) is 0 Å². The number of aliphatic hydroxyl groups is 1. The number of aliphatic hydroxyl groups excluding tert-OH is 1. The van der Waals surface area contributed by atoms with Gasteiger partial charge in [0, 0.05) is 6.04 Å². The summed E-state index contributed by atoms with van der Waals surface area (Å²) >= 11 is 0. The summed E-state index contributed by atoms with van der Waals surface area (Å²) in [6.07, 6.45) is 0.314. The molecule has 0 heterocycles. The van der Waals surface area contributed by atoms with Gasteiger partial charge in [-0.05, 0) is 47.0 Å². The van der Waals surface area contributed by atoms with Gasteiger partial charge in [0.2, 0.25) is 0 Å². The van der Waals surface area contributed by atoms with Crippen molar-refractivity contribution < 1.29 is 24.2 Å². The highest BCUT2D eigenvalue weighted by atomic mass is 16.6. The van der Waals surface area contributed by atoms with Gasteiger partial charge in [0.25, 0.3) is 0 Å². The van der Waals surface area contributed by atoms with Crippen molar-refractivity contribution in [1.82, 2.24) is 5.32 Å². The van der Waals surface area contributed by atoms with Crippen LogP contribution in [0.5, 0.6) is 0 Å². The molecule has 0 radical (unpaired) electrons.